The van der Waals surface area contributed by atoms with Crippen molar-refractivity contribution in [3.05, 3.63) is 83.7 Å². The number of hydrogen-bond donors (Lipinski definition) is 0. The Morgan fingerprint density at radius 2 is 1.62 bits per heavy atom. The first-order valence-electron chi connectivity index (χ1n) is 10.0. The van der Waals surface area contributed by atoms with E-state index in [2.05, 4.69) is 18.9 Å². The Labute approximate surface area is 174 Å². The van der Waals surface area contributed by atoms with Crippen molar-refractivity contribution < 1.29 is 8.42 Å². The van der Waals surface area contributed by atoms with Crippen molar-refractivity contribution >= 4 is 10.0 Å². The minimum Gasteiger partial charge on any atom is -0.269 e. The van der Waals surface area contributed by atoms with Gasteiger partial charge in [-0.3, -0.25) is 4.68 Å². The molecule has 1 aromatic heterocycles. The first-order valence-corrected chi connectivity index (χ1v) is 11.5. The molecule has 5 nitrogen and oxygen atoms in total. The second kappa shape index (κ2) is 9.37. The van der Waals surface area contributed by atoms with Crippen LogP contribution in [0.25, 0.3) is 0 Å². The fourth-order valence-corrected chi connectivity index (χ4v) is 4.79. The lowest BCUT2D eigenvalue weighted by atomic mass is 10.0. The quantitative estimate of drug-likeness (QED) is 0.521. The number of sulfonamides is 1. The Morgan fingerprint density at radius 3 is 2.24 bits per heavy atom. The SMILES string of the molecule is CCn1nccc1CN(Cc1ccccc1)S(=O)(=O)c1ccc(CC(C)C)cc1. The Kier molecular flexibility index (Phi) is 6.87. The van der Waals surface area contributed by atoms with E-state index >= 15 is 0 Å². The summed E-state index contributed by atoms with van der Waals surface area (Å²) in [5.41, 5.74) is 2.98. The van der Waals surface area contributed by atoms with E-state index in [9.17, 15) is 8.42 Å². The van der Waals surface area contributed by atoms with Crippen molar-refractivity contribution in [2.24, 2.45) is 5.92 Å². The highest BCUT2D eigenvalue weighted by atomic mass is 32.2. The van der Waals surface area contributed by atoms with Crippen LogP contribution in [0, 0.1) is 5.92 Å². The predicted molar refractivity (Wildman–Crippen MR) is 116 cm³/mol. The van der Waals surface area contributed by atoms with E-state index in [-0.39, 0.29) is 6.54 Å². The second-order valence-electron chi connectivity index (χ2n) is 7.64. The molecule has 0 aliphatic rings. The Balaban J connectivity index is 1.92. The smallest absolute Gasteiger partial charge is 0.243 e. The first kappa shape index (κ1) is 21.3. The molecule has 0 fully saturated rings. The van der Waals surface area contributed by atoms with E-state index in [1.54, 1.807) is 18.3 Å². The highest BCUT2D eigenvalue weighted by Gasteiger charge is 2.26. The molecule has 0 saturated carbocycles. The topological polar surface area (TPSA) is 55.2 Å². The molecule has 0 spiro atoms. The average molecular weight is 412 g/mol. The predicted octanol–water partition coefficient (Wildman–Crippen LogP) is 4.49. The molecular formula is C23H29N3O2S. The summed E-state index contributed by atoms with van der Waals surface area (Å²) in [6, 6.07) is 18.9. The molecule has 0 radical (unpaired) electrons. The minimum absolute atomic E-state index is 0.277. The number of rotatable bonds is 9. The summed E-state index contributed by atoms with van der Waals surface area (Å²) in [4.78, 5) is 0.323. The molecule has 0 unspecified atom stereocenters. The zero-order valence-electron chi connectivity index (χ0n) is 17.3. The molecule has 0 bridgehead atoms. The lowest BCUT2D eigenvalue weighted by Gasteiger charge is -2.23. The lowest BCUT2D eigenvalue weighted by molar-refractivity contribution is 0.386. The molecule has 6 heteroatoms. The zero-order chi connectivity index (χ0) is 20.9. The standard InChI is InChI=1S/C23H29N3O2S/c1-4-26-22(14-15-24-26)18-25(17-21-8-6-5-7-9-21)29(27,28)23-12-10-20(11-13-23)16-19(2)3/h5-15,19H,4,16-18H2,1-3H3. The van der Waals surface area contributed by atoms with Gasteiger partial charge in [0.15, 0.2) is 0 Å². The van der Waals surface area contributed by atoms with Crippen molar-refractivity contribution in [2.45, 2.75) is 51.7 Å². The van der Waals surface area contributed by atoms with Gasteiger partial charge in [-0.05, 0) is 48.6 Å². The van der Waals surface area contributed by atoms with Crippen LogP contribution >= 0.6 is 0 Å². The van der Waals surface area contributed by atoms with Gasteiger partial charge in [-0.1, -0.05) is 56.3 Å². The summed E-state index contributed by atoms with van der Waals surface area (Å²) in [6.07, 6.45) is 2.65. The van der Waals surface area contributed by atoms with Gasteiger partial charge in [0.2, 0.25) is 10.0 Å². The Hall–Kier alpha value is -2.44. The molecule has 3 rings (SSSR count). The van der Waals surface area contributed by atoms with Crippen LogP contribution < -0.4 is 0 Å². The van der Waals surface area contributed by atoms with Crippen LogP contribution in [0.15, 0.2) is 71.8 Å². The molecule has 0 amide bonds. The Bertz CT molecular complexity index is 1010. The van der Waals surface area contributed by atoms with E-state index in [0.717, 1.165) is 23.2 Å². The third-order valence-electron chi connectivity index (χ3n) is 4.85. The molecule has 0 aliphatic carbocycles. The van der Waals surface area contributed by atoms with Crippen molar-refractivity contribution in [3.8, 4) is 0 Å². The van der Waals surface area contributed by atoms with Crippen LogP contribution in [0.1, 0.15) is 37.6 Å². The summed E-state index contributed by atoms with van der Waals surface area (Å²) in [5, 5.41) is 4.28. The summed E-state index contributed by atoms with van der Waals surface area (Å²) < 4.78 is 30.3. The minimum atomic E-state index is -3.65. The van der Waals surface area contributed by atoms with E-state index in [0.29, 0.717) is 23.9 Å². The number of aromatic nitrogens is 2. The van der Waals surface area contributed by atoms with E-state index < -0.39 is 10.0 Å². The van der Waals surface area contributed by atoms with Crippen molar-refractivity contribution in [3.63, 3.8) is 0 Å². The third-order valence-corrected chi connectivity index (χ3v) is 6.66. The average Bonchev–Trinajstić information content (AvgIpc) is 3.15. The molecule has 0 N–H and O–H groups in total. The number of aryl methyl sites for hydroxylation is 1. The van der Waals surface area contributed by atoms with Gasteiger partial charge in [-0.15, -0.1) is 0 Å². The van der Waals surface area contributed by atoms with Crippen molar-refractivity contribution in [1.29, 1.82) is 0 Å². The molecule has 0 saturated heterocycles. The summed E-state index contributed by atoms with van der Waals surface area (Å²) in [7, 11) is -3.65. The summed E-state index contributed by atoms with van der Waals surface area (Å²) in [6.45, 7) is 7.60. The van der Waals surface area contributed by atoms with Gasteiger partial charge in [0.1, 0.15) is 0 Å². The summed E-state index contributed by atoms with van der Waals surface area (Å²) in [5.74, 6) is 0.529. The molecular weight excluding hydrogens is 382 g/mol. The van der Waals surface area contributed by atoms with Gasteiger partial charge >= 0.3 is 0 Å². The monoisotopic (exact) mass is 411 g/mol. The molecule has 0 atom stereocenters. The summed E-state index contributed by atoms with van der Waals surface area (Å²) >= 11 is 0. The molecule has 0 aliphatic heterocycles. The first-order chi connectivity index (χ1) is 13.9. The Morgan fingerprint density at radius 1 is 0.931 bits per heavy atom. The van der Waals surface area contributed by atoms with Crippen LogP contribution in [-0.2, 0) is 36.1 Å². The van der Waals surface area contributed by atoms with E-state index in [1.165, 1.54) is 4.31 Å². The van der Waals surface area contributed by atoms with E-state index in [1.807, 2.05) is 60.1 Å². The maximum Gasteiger partial charge on any atom is 0.243 e. The maximum absolute atomic E-state index is 13.5. The van der Waals surface area contributed by atoms with Gasteiger partial charge in [0, 0.05) is 19.3 Å². The normalized spacial score (nSPS) is 12.0. The molecule has 154 valence electrons. The largest absolute Gasteiger partial charge is 0.269 e. The molecule has 2 aromatic carbocycles. The van der Waals surface area contributed by atoms with Crippen LogP contribution in [0.4, 0.5) is 0 Å². The van der Waals surface area contributed by atoms with Crippen LogP contribution in [0.5, 0.6) is 0 Å². The van der Waals surface area contributed by atoms with Crippen molar-refractivity contribution in [2.75, 3.05) is 0 Å². The van der Waals surface area contributed by atoms with Gasteiger partial charge in [-0.25, -0.2) is 8.42 Å². The molecule has 1 heterocycles. The molecule has 3 aromatic rings. The van der Waals surface area contributed by atoms with Gasteiger partial charge in [-0.2, -0.15) is 9.40 Å². The third kappa shape index (κ3) is 5.34. The van der Waals surface area contributed by atoms with Gasteiger partial charge < -0.3 is 0 Å². The molecule has 29 heavy (non-hydrogen) atoms. The fraction of sp³-hybridized carbons (Fsp3) is 0.348. The van der Waals surface area contributed by atoms with E-state index in [4.69, 9.17) is 0 Å². The van der Waals surface area contributed by atoms with Gasteiger partial charge in [0.05, 0.1) is 17.1 Å². The number of nitrogens with zero attached hydrogens (tertiary/aromatic N) is 3. The van der Waals surface area contributed by atoms with Crippen LogP contribution in [0.2, 0.25) is 0 Å². The maximum atomic E-state index is 13.5. The number of benzene rings is 2. The van der Waals surface area contributed by atoms with Crippen LogP contribution in [-0.4, -0.2) is 22.5 Å². The highest BCUT2D eigenvalue weighted by molar-refractivity contribution is 7.89. The fourth-order valence-electron chi connectivity index (χ4n) is 3.39. The lowest BCUT2D eigenvalue weighted by Crippen LogP contribution is -2.31. The van der Waals surface area contributed by atoms with Gasteiger partial charge in [0.25, 0.3) is 0 Å². The zero-order valence-corrected chi connectivity index (χ0v) is 18.1. The number of hydrogen-bond acceptors (Lipinski definition) is 3. The van der Waals surface area contributed by atoms with Crippen molar-refractivity contribution in [1.82, 2.24) is 14.1 Å². The van der Waals surface area contributed by atoms with Crippen LogP contribution in [0.3, 0.4) is 0 Å². The second-order valence-corrected chi connectivity index (χ2v) is 9.58. The highest BCUT2D eigenvalue weighted by Crippen LogP contribution is 2.22.